The first-order valence-electron chi connectivity index (χ1n) is 9.76. The van der Waals surface area contributed by atoms with E-state index in [4.69, 9.17) is 5.73 Å². The van der Waals surface area contributed by atoms with Crippen molar-refractivity contribution in [2.24, 2.45) is 11.7 Å². The second kappa shape index (κ2) is 8.20. The highest BCUT2D eigenvalue weighted by Gasteiger charge is 2.30. The zero-order valence-electron chi connectivity index (χ0n) is 15.9. The van der Waals surface area contributed by atoms with Crippen LogP contribution >= 0.6 is 0 Å². The van der Waals surface area contributed by atoms with Crippen LogP contribution in [-0.4, -0.2) is 32.2 Å². The Morgan fingerprint density at radius 3 is 2.55 bits per heavy atom. The highest BCUT2D eigenvalue weighted by atomic mass is 19.3. The van der Waals surface area contributed by atoms with E-state index < -0.39 is 6.05 Å². The van der Waals surface area contributed by atoms with Gasteiger partial charge < -0.3 is 5.32 Å². The zero-order valence-corrected chi connectivity index (χ0v) is 15.9. The van der Waals surface area contributed by atoms with Crippen LogP contribution in [0.2, 0.25) is 0 Å². The van der Waals surface area contributed by atoms with Gasteiger partial charge >= 0.3 is 6.05 Å². The lowest BCUT2D eigenvalue weighted by Gasteiger charge is -2.22. The van der Waals surface area contributed by atoms with E-state index in [0.29, 0.717) is 22.6 Å². The number of nitrogens with one attached hydrogen (secondary N) is 2. The SMILES string of the molecule is NC(F)(F)c1cc(-c2nn[nH]n2)ccc1-c1ccc(NCC2CCCCC2)nc1. The number of rotatable bonds is 6. The van der Waals surface area contributed by atoms with Crippen LogP contribution in [-0.2, 0) is 6.05 Å². The third-order valence-corrected chi connectivity index (χ3v) is 5.35. The molecule has 1 aliphatic carbocycles. The molecule has 1 aromatic carbocycles. The molecule has 7 nitrogen and oxygen atoms in total. The van der Waals surface area contributed by atoms with E-state index in [1.165, 1.54) is 38.2 Å². The average molecular weight is 399 g/mol. The summed E-state index contributed by atoms with van der Waals surface area (Å²) >= 11 is 0. The van der Waals surface area contributed by atoms with Crippen LogP contribution in [0.5, 0.6) is 0 Å². The summed E-state index contributed by atoms with van der Waals surface area (Å²) in [7, 11) is 0. The molecule has 9 heteroatoms. The summed E-state index contributed by atoms with van der Waals surface area (Å²) < 4.78 is 28.2. The van der Waals surface area contributed by atoms with Gasteiger partial charge in [0.25, 0.3) is 0 Å². The molecule has 4 N–H and O–H groups in total. The van der Waals surface area contributed by atoms with Crippen molar-refractivity contribution in [2.75, 3.05) is 11.9 Å². The number of pyridine rings is 1. The topological polar surface area (TPSA) is 105 Å². The lowest BCUT2D eigenvalue weighted by atomic mass is 9.89. The van der Waals surface area contributed by atoms with Gasteiger partial charge in [-0.05, 0) is 47.7 Å². The van der Waals surface area contributed by atoms with Gasteiger partial charge in [0.15, 0.2) is 0 Å². The molecular formula is C20H23F2N7. The fourth-order valence-corrected chi connectivity index (χ4v) is 3.79. The van der Waals surface area contributed by atoms with Crippen LogP contribution in [0, 0.1) is 5.92 Å². The normalized spacial score (nSPS) is 15.4. The Hall–Kier alpha value is -2.94. The molecule has 0 radical (unpaired) electrons. The Balaban J connectivity index is 1.55. The molecule has 2 heterocycles. The average Bonchev–Trinajstić information content (AvgIpc) is 3.27. The number of alkyl halides is 2. The molecule has 152 valence electrons. The summed E-state index contributed by atoms with van der Waals surface area (Å²) in [6, 6.07) is 4.58. The lowest BCUT2D eigenvalue weighted by Crippen LogP contribution is -2.26. The number of benzene rings is 1. The van der Waals surface area contributed by atoms with Gasteiger partial charge in [0, 0.05) is 29.4 Å². The van der Waals surface area contributed by atoms with Crippen molar-refractivity contribution in [3.8, 4) is 22.5 Å². The van der Waals surface area contributed by atoms with E-state index in [9.17, 15) is 8.78 Å². The van der Waals surface area contributed by atoms with Crippen molar-refractivity contribution >= 4 is 5.82 Å². The van der Waals surface area contributed by atoms with Crippen molar-refractivity contribution < 1.29 is 8.78 Å². The largest absolute Gasteiger partial charge is 0.370 e. The Kier molecular flexibility index (Phi) is 5.48. The number of aromatic amines is 1. The second-order valence-electron chi connectivity index (χ2n) is 7.44. The molecule has 0 spiro atoms. The number of nitrogens with two attached hydrogens (primary N) is 1. The van der Waals surface area contributed by atoms with Crippen molar-refractivity contribution in [3.05, 3.63) is 42.1 Å². The van der Waals surface area contributed by atoms with Crippen LogP contribution in [0.15, 0.2) is 36.5 Å². The quantitative estimate of drug-likeness (QED) is 0.543. The van der Waals surface area contributed by atoms with Crippen molar-refractivity contribution in [3.63, 3.8) is 0 Å². The van der Waals surface area contributed by atoms with Crippen LogP contribution in [0.4, 0.5) is 14.6 Å². The fourth-order valence-electron chi connectivity index (χ4n) is 3.79. The molecule has 0 unspecified atom stereocenters. The predicted molar refractivity (Wildman–Crippen MR) is 106 cm³/mol. The van der Waals surface area contributed by atoms with Gasteiger partial charge in [-0.1, -0.05) is 31.4 Å². The maximum Gasteiger partial charge on any atom is 0.327 e. The number of anilines is 1. The van der Waals surface area contributed by atoms with E-state index >= 15 is 0 Å². The Morgan fingerprint density at radius 2 is 1.90 bits per heavy atom. The summed E-state index contributed by atoms with van der Waals surface area (Å²) in [5.74, 6) is 1.64. The number of halogens is 2. The van der Waals surface area contributed by atoms with Gasteiger partial charge in [0.05, 0.1) is 0 Å². The molecule has 3 aromatic rings. The van der Waals surface area contributed by atoms with Gasteiger partial charge in [-0.3, -0.25) is 5.73 Å². The first kappa shape index (κ1) is 19.4. The molecule has 0 amide bonds. The number of hydrogen-bond donors (Lipinski definition) is 3. The lowest BCUT2D eigenvalue weighted by molar-refractivity contribution is 0.00363. The van der Waals surface area contributed by atoms with E-state index in [1.807, 2.05) is 6.07 Å². The number of hydrogen-bond acceptors (Lipinski definition) is 6. The van der Waals surface area contributed by atoms with Gasteiger partial charge in [0.1, 0.15) is 5.82 Å². The van der Waals surface area contributed by atoms with Crippen LogP contribution in [0.25, 0.3) is 22.5 Å². The molecular weight excluding hydrogens is 376 g/mol. The van der Waals surface area contributed by atoms with E-state index in [2.05, 4.69) is 30.9 Å². The minimum Gasteiger partial charge on any atom is -0.370 e. The molecule has 0 aliphatic heterocycles. The minimum atomic E-state index is -3.52. The van der Waals surface area contributed by atoms with Gasteiger partial charge in [0.2, 0.25) is 5.82 Å². The van der Waals surface area contributed by atoms with Crippen molar-refractivity contribution in [1.82, 2.24) is 25.6 Å². The smallest absolute Gasteiger partial charge is 0.327 e. The van der Waals surface area contributed by atoms with E-state index in [1.54, 1.807) is 24.4 Å². The summed E-state index contributed by atoms with van der Waals surface area (Å²) in [6.07, 6.45) is 7.97. The summed E-state index contributed by atoms with van der Waals surface area (Å²) in [5, 5.41) is 16.8. The Bertz CT molecular complexity index is 930. The molecule has 0 bridgehead atoms. The molecule has 2 aromatic heterocycles. The highest BCUT2D eigenvalue weighted by Crippen LogP contribution is 2.35. The zero-order chi connectivity index (χ0) is 20.3. The van der Waals surface area contributed by atoms with Crippen LogP contribution in [0.3, 0.4) is 0 Å². The minimum absolute atomic E-state index is 0.224. The summed E-state index contributed by atoms with van der Waals surface area (Å²) in [4.78, 5) is 4.40. The number of aromatic nitrogens is 5. The molecule has 1 aliphatic rings. The van der Waals surface area contributed by atoms with Crippen molar-refractivity contribution in [2.45, 2.75) is 38.2 Å². The Morgan fingerprint density at radius 1 is 1.10 bits per heavy atom. The third-order valence-electron chi connectivity index (χ3n) is 5.35. The maximum absolute atomic E-state index is 14.1. The van der Waals surface area contributed by atoms with E-state index in [0.717, 1.165) is 12.4 Å². The highest BCUT2D eigenvalue weighted by molar-refractivity contribution is 5.72. The molecule has 1 fully saturated rings. The first-order valence-corrected chi connectivity index (χ1v) is 9.76. The predicted octanol–water partition coefficient (Wildman–Crippen LogP) is 3.93. The second-order valence-corrected chi connectivity index (χ2v) is 7.44. The standard InChI is InChI=1S/C20H23F2N7/c21-20(22,23)17-10-14(19-26-28-29-27-19)6-8-16(17)15-7-9-18(25-12-15)24-11-13-4-2-1-3-5-13/h6-10,12-13H,1-5,11,23H2,(H,24,25)(H,26,27,28,29). The molecule has 0 atom stereocenters. The number of H-pyrrole nitrogens is 1. The molecule has 4 rings (SSSR count). The van der Waals surface area contributed by atoms with Gasteiger partial charge in [-0.15, -0.1) is 10.2 Å². The van der Waals surface area contributed by atoms with E-state index in [-0.39, 0.29) is 11.4 Å². The van der Waals surface area contributed by atoms with Gasteiger partial charge in [-0.25, -0.2) is 4.98 Å². The monoisotopic (exact) mass is 399 g/mol. The van der Waals surface area contributed by atoms with Crippen LogP contribution in [0.1, 0.15) is 37.7 Å². The number of nitrogens with zero attached hydrogens (tertiary/aromatic N) is 4. The van der Waals surface area contributed by atoms with Gasteiger partial charge in [-0.2, -0.15) is 14.0 Å². The first-order chi connectivity index (χ1) is 14.0. The fraction of sp³-hybridized carbons (Fsp3) is 0.400. The molecule has 0 saturated heterocycles. The molecule has 29 heavy (non-hydrogen) atoms. The van der Waals surface area contributed by atoms with Crippen LogP contribution < -0.4 is 11.1 Å². The number of tetrazole rings is 1. The third kappa shape index (κ3) is 4.56. The molecule has 1 saturated carbocycles. The maximum atomic E-state index is 14.1. The summed E-state index contributed by atoms with van der Waals surface area (Å²) in [5.41, 5.74) is 6.11. The van der Waals surface area contributed by atoms with Crippen molar-refractivity contribution in [1.29, 1.82) is 0 Å². The Labute approximate surface area is 167 Å². The summed E-state index contributed by atoms with van der Waals surface area (Å²) in [6.45, 7) is 0.887.